The molecular weight excluding hydrogens is 298 g/mol. The van der Waals surface area contributed by atoms with Gasteiger partial charge in [-0.25, -0.2) is 0 Å². The van der Waals surface area contributed by atoms with Crippen molar-refractivity contribution >= 4 is 10.9 Å². The average Bonchev–Trinajstić information content (AvgIpc) is 3.07. The molecule has 2 aliphatic heterocycles. The summed E-state index contributed by atoms with van der Waals surface area (Å²) in [6.45, 7) is 5.18. The number of likely N-dealkylation sites (tertiary alicyclic amines) is 1. The molecule has 1 aromatic carbocycles. The average molecular weight is 327 g/mol. The van der Waals surface area contributed by atoms with Crippen molar-refractivity contribution in [2.45, 2.75) is 37.7 Å². The van der Waals surface area contributed by atoms with Gasteiger partial charge in [0.2, 0.25) is 0 Å². The summed E-state index contributed by atoms with van der Waals surface area (Å²) in [4.78, 5) is 5.88. The quantitative estimate of drug-likeness (QED) is 0.809. The van der Waals surface area contributed by atoms with Crippen LogP contribution < -0.4 is 5.32 Å². The number of H-pyrrole nitrogens is 1. The first-order valence-corrected chi connectivity index (χ1v) is 9.48. The molecule has 130 valence electrons. The highest BCUT2D eigenvalue weighted by molar-refractivity contribution is 5.83. The molecule has 1 aromatic heterocycles. The molecule has 1 unspecified atom stereocenters. The Balaban J connectivity index is 1.33. The summed E-state index contributed by atoms with van der Waals surface area (Å²) in [6, 6.07) is 8.61. The fourth-order valence-electron chi connectivity index (χ4n) is 4.50. The number of rotatable bonds is 4. The Hall–Kier alpha value is -1.36. The van der Waals surface area contributed by atoms with Crippen LogP contribution in [0.2, 0.25) is 0 Å². The molecule has 3 heterocycles. The van der Waals surface area contributed by atoms with Crippen LogP contribution in [0, 0.1) is 5.92 Å². The maximum absolute atomic E-state index is 10.5. The molecular formula is C20H29N3O. The minimum atomic E-state index is -0.156. The van der Waals surface area contributed by atoms with E-state index in [-0.39, 0.29) is 6.10 Å². The molecule has 0 radical (unpaired) electrons. The number of β-amino-alcohol motifs (C(OH)–C–C–N with tert-alkyl or cyclic N) is 1. The lowest BCUT2D eigenvalue weighted by Crippen LogP contribution is -2.43. The summed E-state index contributed by atoms with van der Waals surface area (Å²) in [7, 11) is 0. The van der Waals surface area contributed by atoms with Gasteiger partial charge in [-0.2, -0.15) is 0 Å². The van der Waals surface area contributed by atoms with Crippen molar-refractivity contribution in [1.82, 2.24) is 15.2 Å². The number of benzene rings is 1. The summed E-state index contributed by atoms with van der Waals surface area (Å²) < 4.78 is 0. The number of aliphatic hydroxyl groups excluding tert-OH is 1. The molecule has 0 amide bonds. The van der Waals surface area contributed by atoms with Gasteiger partial charge in [0.05, 0.1) is 6.10 Å². The van der Waals surface area contributed by atoms with Gasteiger partial charge >= 0.3 is 0 Å². The first kappa shape index (κ1) is 16.1. The first-order chi connectivity index (χ1) is 11.8. The van der Waals surface area contributed by atoms with Gasteiger partial charge in [0, 0.05) is 23.6 Å². The maximum atomic E-state index is 10.5. The minimum Gasteiger partial charge on any atom is -0.392 e. The van der Waals surface area contributed by atoms with E-state index in [4.69, 9.17) is 0 Å². The largest absolute Gasteiger partial charge is 0.392 e. The Labute approximate surface area is 144 Å². The van der Waals surface area contributed by atoms with Crippen LogP contribution in [0.15, 0.2) is 30.5 Å². The summed E-state index contributed by atoms with van der Waals surface area (Å²) in [5.74, 6) is 1.13. The number of aliphatic hydroxyl groups is 1. The van der Waals surface area contributed by atoms with Crippen LogP contribution in [0.5, 0.6) is 0 Å². The molecule has 4 nitrogen and oxygen atoms in total. The summed E-state index contributed by atoms with van der Waals surface area (Å²) in [6.07, 6.45) is 6.67. The van der Waals surface area contributed by atoms with Crippen molar-refractivity contribution < 1.29 is 5.11 Å². The van der Waals surface area contributed by atoms with Gasteiger partial charge in [0.25, 0.3) is 0 Å². The molecule has 2 aliphatic rings. The molecule has 0 aliphatic carbocycles. The summed E-state index contributed by atoms with van der Waals surface area (Å²) in [5.41, 5.74) is 2.72. The number of fused-ring (bicyclic) bond motifs is 1. The van der Waals surface area contributed by atoms with Crippen LogP contribution in [0.25, 0.3) is 10.9 Å². The third-order valence-electron chi connectivity index (χ3n) is 6.02. The van der Waals surface area contributed by atoms with Crippen LogP contribution in [0.1, 0.15) is 37.2 Å². The lowest BCUT2D eigenvalue weighted by molar-refractivity contribution is 0.0427. The van der Waals surface area contributed by atoms with E-state index < -0.39 is 0 Å². The molecule has 1 atom stereocenters. The lowest BCUT2D eigenvalue weighted by atomic mass is 9.88. The molecule has 4 rings (SSSR count). The lowest BCUT2D eigenvalue weighted by Gasteiger charge is -2.36. The summed E-state index contributed by atoms with van der Waals surface area (Å²) >= 11 is 0. The van der Waals surface area contributed by atoms with Gasteiger partial charge < -0.3 is 20.3 Å². The number of nitrogens with one attached hydrogen (secondary N) is 2. The van der Waals surface area contributed by atoms with Gasteiger partial charge in [-0.3, -0.25) is 0 Å². The van der Waals surface area contributed by atoms with Crippen LogP contribution >= 0.6 is 0 Å². The smallest absolute Gasteiger partial charge is 0.0696 e. The Morgan fingerprint density at radius 3 is 2.62 bits per heavy atom. The van der Waals surface area contributed by atoms with Gasteiger partial charge in [-0.05, 0) is 75.3 Å². The van der Waals surface area contributed by atoms with Gasteiger partial charge in [-0.15, -0.1) is 0 Å². The van der Waals surface area contributed by atoms with Gasteiger partial charge in [-0.1, -0.05) is 18.2 Å². The minimum absolute atomic E-state index is 0.156. The van der Waals surface area contributed by atoms with Crippen molar-refractivity contribution in [2.75, 3.05) is 32.7 Å². The molecule has 24 heavy (non-hydrogen) atoms. The number of aromatic amines is 1. The second-order valence-corrected chi connectivity index (χ2v) is 7.52. The summed E-state index contributed by atoms with van der Waals surface area (Å²) in [5, 5.41) is 15.3. The Morgan fingerprint density at radius 2 is 1.83 bits per heavy atom. The SMILES string of the molecule is OC(CN1CCC(c2c[nH]c3ccccc23)CC1)C1CCNCC1. The highest BCUT2D eigenvalue weighted by Crippen LogP contribution is 2.33. The third-order valence-corrected chi connectivity index (χ3v) is 6.02. The van der Waals surface area contributed by atoms with Gasteiger partial charge in [0.1, 0.15) is 0 Å². The van der Waals surface area contributed by atoms with Crippen LogP contribution in [-0.4, -0.2) is 53.8 Å². The van der Waals surface area contributed by atoms with E-state index in [0.717, 1.165) is 45.6 Å². The number of nitrogens with zero attached hydrogens (tertiary/aromatic N) is 1. The van der Waals surface area contributed by atoms with Crippen LogP contribution in [0.3, 0.4) is 0 Å². The number of hydrogen-bond donors (Lipinski definition) is 3. The van der Waals surface area contributed by atoms with Crippen molar-refractivity contribution in [3.05, 3.63) is 36.0 Å². The van der Waals surface area contributed by atoms with Crippen LogP contribution in [0.4, 0.5) is 0 Å². The van der Waals surface area contributed by atoms with E-state index in [1.54, 1.807) is 0 Å². The van der Waals surface area contributed by atoms with E-state index in [1.807, 2.05) is 0 Å². The number of piperidine rings is 2. The Morgan fingerprint density at radius 1 is 1.08 bits per heavy atom. The second kappa shape index (κ2) is 7.26. The normalized spacial score (nSPS) is 22.9. The van der Waals surface area contributed by atoms with E-state index in [9.17, 15) is 5.11 Å². The maximum Gasteiger partial charge on any atom is 0.0696 e. The molecule has 0 spiro atoms. The Kier molecular flexibility index (Phi) is 4.88. The second-order valence-electron chi connectivity index (χ2n) is 7.52. The number of aromatic nitrogens is 1. The fraction of sp³-hybridized carbons (Fsp3) is 0.600. The predicted octanol–water partition coefficient (Wildman–Crippen LogP) is 2.71. The standard InChI is InChI=1S/C20H29N3O/c24-20(16-5-9-21-10-6-16)14-23-11-7-15(8-12-23)18-13-22-19-4-2-1-3-17(18)19/h1-4,13,15-16,20-22,24H,5-12,14H2. The molecule has 4 heteroatoms. The van der Waals surface area contributed by atoms with E-state index in [0.29, 0.717) is 11.8 Å². The Bertz CT molecular complexity index is 654. The number of hydrogen-bond acceptors (Lipinski definition) is 3. The molecule has 0 saturated carbocycles. The molecule has 0 bridgehead atoms. The number of para-hydroxylation sites is 1. The molecule has 2 saturated heterocycles. The third kappa shape index (κ3) is 3.37. The molecule has 2 aromatic rings. The zero-order chi connectivity index (χ0) is 16.4. The van der Waals surface area contributed by atoms with Crippen molar-refractivity contribution in [1.29, 1.82) is 0 Å². The van der Waals surface area contributed by atoms with Crippen LogP contribution in [-0.2, 0) is 0 Å². The van der Waals surface area contributed by atoms with E-state index >= 15 is 0 Å². The predicted molar refractivity (Wildman–Crippen MR) is 98.3 cm³/mol. The van der Waals surface area contributed by atoms with E-state index in [2.05, 4.69) is 45.7 Å². The highest BCUT2D eigenvalue weighted by Gasteiger charge is 2.27. The highest BCUT2D eigenvalue weighted by atomic mass is 16.3. The van der Waals surface area contributed by atoms with Gasteiger partial charge in [0.15, 0.2) is 0 Å². The van der Waals surface area contributed by atoms with Crippen molar-refractivity contribution in [3.63, 3.8) is 0 Å². The zero-order valence-electron chi connectivity index (χ0n) is 14.4. The van der Waals surface area contributed by atoms with Crippen molar-refractivity contribution in [2.24, 2.45) is 5.92 Å². The zero-order valence-corrected chi connectivity index (χ0v) is 14.4. The molecule has 2 fully saturated rings. The van der Waals surface area contributed by atoms with Crippen molar-refractivity contribution in [3.8, 4) is 0 Å². The van der Waals surface area contributed by atoms with E-state index in [1.165, 1.54) is 29.3 Å². The monoisotopic (exact) mass is 327 g/mol. The topological polar surface area (TPSA) is 51.3 Å². The fourth-order valence-corrected chi connectivity index (χ4v) is 4.50. The first-order valence-electron chi connectivity index (χ1n) is 9.48. The molecule has 3 N–H and O–H groups in total.